The number of hydrogen-bond donors (Lipinski definition) is 4. The number of ether oxygens (including phenoxy) is 2. The van der Waals surface area contributed by atoms with Gasteiger partial charge >= 0.3 is 11.6 Å². The minimum Gasteiger partial charge on any atom is -0.455 e. The molecule has 0 saturated carbocycles. The first kappa shape index (κ1) is 54.4. The van der Waals surface area contributed by atoms with Crippen molar-refractivity contribution in [3.63, 3.8) is 0 Å². The van der Waals surface area contributed by atoms with Gasteiger partial charge in [-0.05, 0) is 131 Å². The number of aromatic nitrogens is 2. The van der Waals surface area contributed by atoms with Crippen molar-refractivity contribution in [2.75, 3.05) is 69.1 Å². The van der Waals surface area contributed by atoms with E-state index in [0.29, 0.717) is 73.4 Å². The molecule has 4 heterocycles. The molecule has 0 unspecified atom stereocenters. The quantitative estimate of drug-likeness (QED) is 0.0683. The Balaban J connectivity index is 0.973. The molecule has 398 valence electrons. The molecule has 74 heavy (non-hydrogen) atoms. The fraction of sp³-hybridized carbons (Fsp3) is 0.442. The van der Waals surface area contributed by atoms with Crippen LogP contribution in [0.15, 0.2) is 101 Å². The number of carbonyl (C=O) groups excluding carboxylic acids is 2. The second-order valence-corrected chi connectivity index (χ2v) is 24.8. The summed E-state index contributed by atoms with van der Waals surface area (Å²) in [6, 6.07) is 18.3. The maximum Gasteiger partial charge on any atom is 0.501 e. The summed E-state index contributed by atoms with van der Waals surface area (Å²) in [4.78, 5) is 38.1. The molecule has 2 amide bonds. The predicted octanol–water partition coefficient (Wildman–Crippen LogP) is 9.61. The maximum absolute atomic E-state index is 14.1. The molecule has 3 aliphatic rings. The summed E-state index contributed by atoms with van der Waals surface area (Å²) < 4.78 is 110. The van der Waals surface area contributed by atoms with E-state index in [1.807, 2.05) is 21.8 Å². The molecule has 4 N–H and O–H groups in total. The molecule has 0 bridgehead atoms. The summed E-state index contributed by atoms with van der Waals surface area (Å²) in [6.45, 7) is 15.0. The first-order chi connectivity index (χ1) is 34.8. The number of aromatic amines is 1. The molecule has 0 spiro atoms. The first-order valence-corrected chi connectivity index (χ1v) is 27.8. The van der Waals surface area contributed by atoms with E-state index in [9.17, 15) is 39.6 Å². The molecular weight excluding hydrogens is 1020 g/mol. The van der Waals surface area contributed by atoms with Gasteiger partial charge in [-0.3, -0.25) is 9.69 Å². The molecule has 5 aromatic rings. The number of benzene rings is 3. The Morgan fingerprint density at radius 2 is 1.66 bits per heavy atom. The van der Waals surface area contributed by atoms with Crippen LogP contribution in [-0.2, 0) is 24.6 Å². The molecule has 2 fully saturated rings. The normalized spacial score (nSPS) is 18.1. The van der Waals surface area contributed by atoms with E-state index in [4.69, 9.17) is 21.1 Å². The summed E-state index contributed by atoms with van der Waals surface area (Å²) in [5.41, 5.74) is -1.74. The van der Waals surface area contributed by atoms with Gasteiger partial charge in [-0.1, -0.05) is 43.2 Å². The number of pyridine rings is 1. The van der Waals surface area contributed by atoms with Gasteiger partial charge in [0, 0.05) is 86.8 Å². The van der Waals surface area contributed by atoms with Gasteiger partial charge in [-0.15, -0.1) is 0 Å². The number of fused-ring (bicyclic) bond motifs is 1. The lowest BCUT2D eigenvalue weighted by Crippen LogP contribution is -2.47. The number of H-pyrrole nitrogens is 1. The Bertz CT molecular complexity index is 3140. The summed E-state index contributed by atoms with van der Waals surface area (Å²) in [6.07, 6.45) is 6.65. The smallest absolute Gasteiger partial charge is 0.455 e. The van der Waals surface area contributed by atoms with Crippen molar-refractivity contribution in [1.29, 1.82) is 0 Å². The number of halogens is 4. The number of amides is 2. The number of sulfonamides is 1. The van der Waals surface area contributed by atoms with E-state index in [1.54, 1.807) is 51.2 Å². The Hall–Kier alpha value is -5.87. The molecule has 1 atom stereocenters. The number of carbonyl (C=O) groups is 2. The van der Waals surface area contributed by atoms with Crippen molar-refractivity contribution in [3.8, 4) is 11.5 Å². The van der Waals surface area contributed by atoms with Crippen LogP contribution in [-0.4, -0.2) is 125 Å². The number of rotatable bonds is 16. The SMILES string of the molecule is CC1(C)CCC(CN2CCN(c3ccc(C(=O)NS(=O)(=O)c4ccc(NCCCN5CC[C@H](NC(=O)OC(C)(C)C)C5)c(S(=O)(=O)C(F)(F)F)c4)c(Oc4cnc5[nH]ccc5c4)c3)CC2)=C(c2ccc(Cl)cc2)C1. The van der Waals surface area contributed by atoms with Gasteiger partial charge in [0.15, 0.2) is 0 Å². The summed E-state index contributed by atoms with van der Waals surface area (Å²) in [5, 5.41) is 6.94. The average Bonchev–Trinajstić information content (AvgIpc) is 3.99. The second kappa shape index (κ2) is 21.8. The molecule has 2 aliphatic heterocycles. The topological polar surface area (TPSA) is 195 Å². The number of hydrogen-bond acceptors (Lipinski definition) is 13. The molecule has 16 nitrogen and oxygen atoms in total. The molecule has 0 radical (unpaired) electrons. The molecule has 22 heteroatoms. The molecule has 1 aliphatic carbocycles. The zero-order valence-corrected chi connectivity index (χ0v) is 44.3. The standard InChI is InChI=1S/C52H62ClF3N8O8S2/c1-50(2,3)72-49(66)60-38-17-22-62(33-38)21-6-19-57-44-14-12-41(29-46(44)73(67,68)52(54,55)56)74(69,70)61-48(65)42-13-11-39(28-45(42)71-40-27-35-16-20-58-47(35)59-31-40)64-25-23-63(24-26-64)32-36-15-18-51(4,5)30-43(36)34-7-9-37(53)10-8-34/h7-14,16,20,27-29,31,38,57H,6,15,17-19,21-26,30,32-33H2,1-5H3,(H,58,59)(H,60,66)(H,61,65)/t38-/m0/s1. The molecule has 8 rings (SSSR count). The number of anilines is 2. The lowest BCUT2D eigenvalue weighted by molar-refractivity contribution is -0.0436. The Labute approximate surface area is 435 Å². The van der Waals surface area contributed by atoms with Gasteiger partial charge in [0.1, 0.15) is 27.6 Å². The first-order valence-electron chi connectivity index (χ1n) is 24.5. The van der Waals surface area contributed by atoms with E-state index in [1.165, 1.54) is 29.0 Å². The van der Waals surface area contributed by atoms with Gasteiger partial charge in [-0.25, -0.2) is 31.3 Å². The van der Waals surface area contributed by atoms with Gasteiger partial charge in [0.25, 0.3) is 25.8 Å². The largest absolute Gasteiger partial charge is 0.501 e. The number of likely N-dealkylation sites (tertiary alicyclic amines) is 1. The van der Waals surface area contributed by atoms with Crippen molar-refractivity contribution in [3.05, 3.63) is 107 Å². The number of piperazine rings is 1. The van der Waals surface area contributed by atoms with Crippen LogP contribution in [0.2, 0.25) is 5.02 Å². The highest BCUT2D eigenvalue weighted by atomic mass is 35.5. The highest BCUT2D eigenvalue weighted by Crippen LogP contribution is 2.44. The number of alkyl carbamates (subject to hydrolysis) is 1. The number of nitrogens with one attached hydrogen (secondary N) is 4. The minimum absolute atomic E-state index is 0.0216. The lowest BCUT2D eigenvalue weighted by atomic mass is 9.72. The van der Waals surface area contributed by atoms with Gasteiger partial charge < -0.3 is 34.9 Å². The van der Waals surface area contributed by atoms with Crippen LogP contribution >= 0.6 is 11.6 Å². The van der Waals surface area contributed by atoms with E-state index in [2.05, 4.69) is 56.4 Å². The Morgan fingerprint density at radius 3 is 2.38 bits per heavy atom. The van der Waals surface area contributed by atoms with Gasteiger partial charge in [0.2, 0.25) is 0 Å². The van der Waals surface area contributed by atoms with Crippen LogP contribution in [0.4, 0.5) is 29.3 Å². The van der Waals surface area contributed by atoms with Crippen LogP contribution in [0.3, 0.4) is 0 Å². The average molecular weight is 1080 g/mol. The lowest BCUT2D eigenvalue weighted by Gasteiger charge is -2.39. The summed E-state index contributed by atoms with van der Waals surface area (Å²) >= 11 is 6.24. The fourth-order valence-electron chi connectivity index (χ4n) is 9.53. The van der Waals surface area contributed by atoms with Crippen LogP contribution in [0.5, 0.6) is 11.5 Å². The molecule has 2 aromatic heterocycles. The van der Waals surface area contributed by atoms with Crippen LogP contribution < -0.4 is 25.0 Å². The maximum atomic E-state index is 14.1. The Kier molecular flexibility index (Phi) is 16.0. The predicted molar refractivity (Wildman–Crippen MR) is 279 cm³/mol. The minimum atomic E-state index is -6.10. The van der Waals surface area contributed by atoms with E-state index in [-0.39, 0.29) is 35.1 Å². The number of alkyl halides is 3. The van der Waals surface area contributed by atoms with Crippen LogP contribution in [0.25, 0.3) is 16.6 Å². The third kappa shape index (κ3) is 13.3. The van der Waals surface area contributed by atoms with E-state index < -0.39 is 58.4 Å². The molecule has 2 saturated heterocycles. The van der Waals surface area contributed by atoms with Crippen LogP contribution in [0.1, 0.15) is 82.6 Å². The molecular formula is C52H62ClF3N8O8S2. The van der Waals surface area contributed by atoms with Crippen molar-refractivity contribution < 1.29 is 49.1 Å². The fourth-order valence-corrected chi connectivity index (χ4v) is 11.7. The summed E-state index contributed by atoms with van der Waals surface area (Å²) in [5.74, 6) is -0.970. The highest BCUT2D eigenvalue weighted by molar-refractivity contribution is 7.92. The van der Waals surface area contributed by atoms with Crippen molar-refractivity contribution >= 4 is 71.4 Å². The van der Waals surface area contributed by atoms with Crippen molar-refractivity contribution in [2.45, 2.75) is 93.7 Å². The van der Waals surface area contributed by atoms with Gasteiger partial charge in [0.05, 0.1) is 22.3 Å². The Morgan fingerprint density at radius 1 is 0.919 bits per heavy atom. The van der Waals surface area contributed by atoms with Crippen LogP contribution in [0, 0.1) is 5.41 Å². The monoisotopic (exact) mass is 1080 g/mol. The van der Waals surface area contributed by atoms with Crippen molar-refractivity contribution in [1.82, 2.24) is 29.8 Å². The summed E-state index contributed by atoms with van der Waals surface area (Å²) in [7, 11) is -11.1. The number of allylic oxidation sites excluding steroid dienone is 1. The number of nitrogens with zero attached hydrogens (tertiary/aromatic N) is 4. The second-order valence-electron chi connectivity index (χ2n) is 20.8. The molecule has 3 aromatic carbocycles. The third-order valence-electron chi connectivity index (χ3n) is 13.4. The van der Waals surface area contributed by atoms with Gasteiger partial charge in [-0.2, -0.15) is 13.2 Å². The van der Waals surface area contributed by atoms with E-state index in [0.717, 1.165) is 51.0 Å². The highest BCUT2D eigenvalue weighted by Gasteiger charge is 2.48. The third-order valence-corrected chi connectivity index (χ3v) is 16.5. The van der Waals surface area contributed by atoms with E-state index >= 15 is 0 Å². The zero-order valence-electron chi connectivity index (χ0n) is 41.9. The van der Waals surface area contributed by atoms with Crippen molar-refractivity contribution in [2.24, 2.45) is 5.41 Å². The number of sulfone groups is 1. The zero-order chi connectivity index (χ0) is 53.2.